The molecule has 1 rings (SSSR count). The Hall–Kier alpha value is -1.35. The molecule has 0 aliphatic rings. The average molecular weight is 236 g/mol. The molecular weight excluding hydrogens is 214 g/mol. The van der Waals surface area contributed by atoms with Crippen molar-refractivity contribution in [2.24, 2.45) is 5.92 Å². The van der Waals surface area contributed by atoms with Crippen molar-refractivity contribution in [3.8, 4) is 0 Å². The first kappa shape index (κ1) is 13.7. The fourth-order valence-corrected chi connectivity index (χ4v) is 1.71. The number of nitrogens with two attached hydrogens (primary N) is 1. The van der Waals surface area contributed by atoms with Gasteiger partial charge in [-0.15, -0.1) is 0 Å². The van der Waals surface area contributed by atoms with Crippen molar-refractivity contribution in [2.45, 2.75) is 32.9 Å². The normalized spacial score (nSPS) is 12.5. The minimum atomic E-state index is -0.120. The van der Waals surface area contributed by atoms with Crippen molar-refractivity contribution < 1.29 is 14.8 Å². The Kier molecular flexibility index (Phi) is 5.70. The number of likely N-dealkylation sites (N-methyl/N-ethyl adjacent to an activating group) is 1. The highest BCUT2D eigenvalue weighted by atomic mass is 16.5. The molecular formula is C14H22NO2+. The Balaban J connectivity index is 2.42. The first-order chi connectivity index (χ1) is 8.13. The number of hydrogen-bond donors (Lipinski definition) is 1. The van der Waals surface area contributed by atoms with Gasteiger partial charge in [-0.2, -0.15) is 0 Å². The number of quaternary nitrogens is 1. The van der Waals surface area contributed by atoms with Crippen LogP contribution in [-0.2, 0) is 16.1 Å². The van der Waals surface area contributed by atoms with Gasteiger partial charge in [0.05, 0.1) is 7.05 Å². The number of hydrogen-bond acceptors (Lipinski definition) is 2. The number of rotatable bonds is 6. The molecule has 1 aromatic carbocycles. The van der Waals surface area contributed by atoms with Crippen molar-refractivity contribution in [3.63, 3.8) is 0 Å². The van der Waals surface area contributed by atoms with Crippen molar-refractivity contribution in [2.75, 3.05) is 7.05 Å². The molecule has 0 aliphatic heterocycles. The smallest absolute Gasteiger partial charge is 0.365 e. The molecule has 17 heavy (non-hydrogen) atoms. The zero-order valence-corrected chi connectivity index (χ0v) is 10.8. The van der Waals surface area contributed by atoms with Crippen LogP contribution in [0.1, 0.15) is 25.8 Å². The molecule has 2 N–H and O–H groups in total. The van der Waals surface area contributed by atoms with Gasteiger partial charge in [0.2, 0.25) is 0 Å². The van der Waals surface area contributed by atoms with Crippen LogP contribution in [0.2, 0.25) is 0 Å². The molecule has 0 aromatic heterocycles. The maximum Gasteiger partial charge on any atom is 0.365 e. The summed E-state index contributed by atoms with van der Waals surface area (Å²) in [6.45, 7) is 4.59. The van der Waals surface area contributed by atoms with Crippen LogP contribution in [0.25, 0.3) is 0 Å². The monoisotopic (exact) mass is 236 g/mol. The van der Waals surface area contributed by atoms with Crippen LogP contribution in [0.15, 0.2) is 30.3 Å². The van der Waals surface area contributed by atoms with E-state index in [-0.39, 0.29) is 12.0 Å². The summed E-state index contributed by atoms with van der Waals surface area (Å²) in [5.74, 6) is 0.380. The Morgan fingerprint density at radius 1 is 1.29 bits per heavy atom. The lowest BCUT2D eigenvalue weighted by Gasteiger charge is -2.14. The Morgan fingerprint density at radius 3 is 2.47 bits per heavy atom. The molecule has 0 spiro atoms. The first-order valence-corrected chi connectivity index (χ1v) is 6.13. The van der Waals surface area contributed by atoms with Gasteiger partial charge in [-0.05, 0) is 11.5 Å². The van der Waals surface area contributed by atoms with E-state index in [4.69, 9.17) is 4.74 Å². The van der Waals surface area contributed by atoms with E-state index in [9.17, 15) is 4.79 Å². The third-order valence-electron chi connectivity index (χ3n) is 2.65. The molecule has 0 aliphatic carbocycles. The average Bonchev–Trinajstić information content (AvgIpc) is 2.34. The predicted octanol–water partition coefficient (Wildman–Crippen LogP) is 1.34. The summed E-state index contributed by atoms with van der Waals surface area (Å²) in [6.07, 6.45) is 0.851. The van der Waals surface area contributed by atoms with E-state index in [1.165, 1.54) is 0 Å². The third kappa shape index (κ3) is 5.00. The molecule has 0 unspecified atom stereocenters. The summed E-state index contributed by atoms with van der Waals surface area (Å²) in [4.78, 5) is 11.8. The quantitative estimate of drug-likeness (QED) is 0.757. The van der Waals surface area contributed by atoms with Crippen LogP contribution in [0.5, 0.6) is 0 Å². The number of carbonyl (C=O) groups excluding carboxylic acids is 1. The lowest BCUT2D eigenvalue weighted by Crippen LogP contribution is -2.88. The van der Waals surface area contributed by atoms with E-state index in [1.54, 1.807) is 0 Å². The zero-order chi connectivity index (χ0) is 12.7. The Bertz CT molecular complexity index is 335. The highest BCUT2D eigenvalue weighted by molar-refractivity contribution is 5.74. The molecule has 1 aromatic rings. The second-order valence-electron chi connectivity index (χ2n) is 4.66. The SMILES string of the molecule is C[NH2+][C@@H](CC(C)C)C(=O)OCc1ccccc1. The van der Waals surface area contributed by atoms with Gasteiger partial charge in [-0.25, -0.2) is 4.79 Å². The fraction of sp³-hybridized carbons (Fsp3) is 0.500. The molecule has 0 amide bonds. The highest BCUT2D eigenvalue weighted by Crippen LogP contribution is 2.05. The van der Waals surface area contributed by atoms with Crippen LogP contribution in [0, 0.1) is 5.92 Å². The number of ether oxygens (including phenoxy) is 1. The molecule has 0 radical (unpaired) electrons. The lowest BCUT2D eigenvalue weighted by molar-refractivity contribution is -0.653. The fourth-order valence-electron chi connectivity index (χ4n) is 1.71. The van der Waals surface area contributed by atoms with Crippen molar-refractivity contribution >= 4 is 5.97 Å². The summed E-state index contributed by atoms with van der Waals surface area (Å²) >= 11 is 0. The molecule has 0 fully saturated rings. The predicted molar refractivity (Wildman–Crippen MR) is 67.3 cm³/mol. The molecule has 0 bridgehead atoms. The summed E-state index contributed by atoms with van der Waals surface area (Å²) in [5.41, 5.74) is 1.03. The minimum Gasteiger partial charge on any atom is -0.456 e. The summed E-state index contributed by atoms with van der Waals surface area (Å²) in [7, 11) is 1.91. The van der Waals surface area contributed by atoms with E-state index >= 15 is 0 Å². The van der Waals surface area contributed by atoms with Gasteiger partial charge in [-0.3, -0.25) is 0 Å². The van der Waals surface area contributed by atoms with Gasteiger partial charge in [0.25, 0.3) is 0 Å². The van der Waals surface area contributed by atoms with Gasteiger partial charge in [0.15, 0.2) is 6.04 Å². The number of benzene rings is 1. The minimum absolute atomic E-state index is 0.0845. The van der Waals surface area contributed by atoms with Crippen molar-refractivity contribution in [1.82, 2.24) is 0 Å². The maximum atomic E-state index is 11.8. The second-order valence-corrected chi connectivity index (χ2v) is 4.66. The summed E-state index contributed by atoms with van der Waals surface area (Å²) in [5, 5.41) is 1.92. The topological polar surface area (TPSA) is 42.9 Å². The number of carbonyl (C=O) groups is 1. The van der Waals surface area contributed by atoms with E-state index in [0.717, 1.165) is 12.0 Å². The molecule has 3 nitrogen and oxygen atoms in total. The second kappa shape index (κ2) is 7.07. The Morgan fingerprint density at radius 2 is 1.94 bits per heavy atom. The van der Waals surface area contributed by atoms with Crippen molar-refractivity contribution in [1.29, 1.82) is 0 Å². The van der Waals surface area contributed by atoms with Crippen LogP contribution < -0.4 is 5.32 Å². The summed E-state index contributed by atoms with van der Waals surface area (Å²) < 4.78 is 5.31. The van der Waals surface area contributed by atoms with Gasteiger partial charge in [-0.1, -0.05) is 44.2 Å². The molecule has 0 saturated heterocycles. The highest BCUT2D eigenvalue weighted by Gasteiger charge is 2.22. The molecule has 94 valence electrons. The molecule has 0 heterocycles. The first-order valence-electron chi connectivity index (χ1n) is 6.13. The van der Waals surface area contributed by atoms with Gasteiger partial charge in [0, 0.05) is 6.42 Å². The van der Waals surface area contributed by atoms with E-state index in [2.05, 4.69) is 13.8 Å². The van der Waals surface area contributed by atoms with E-state index in [0.29, 0.717) is 12.5 Å². The third-order valence-corrected chi connectivity index (χ3v) is 2.65. The molecule has 0 saturated carbocycles. The van der Waals surface area contributed by atoms with E-state index < -0.39 is 0 Å². The van der Waals surface area contributed by atoms with E-state index in [1.807, 2.05) is 42.7 Å². The Labute approximate surface area is 103 Å². The standard InChI is InChI=1S/C14H21NO2/c1-11(2)9-13(15-3)14(16)17-10-12-7-5-4-6-8-12/h4-8,11,13,15H,9-10H2,1-3H3/p+1/t13-/m0/s1. The van der Waals surface area contributed by atoms with Gasteiger partial charge < -0.3 is 10.1 Å². The maximum absolute atomic E-state index is 11.8. The van der Waals surface area contributed by atoms with Crippen molar-refractivity contribution in [3.05, 3.63) is 35.9 Å². The van der Waals surface area contributed by atoms with Crippen LogP contribution >= 0.6 is 0 Å². The zero-order valence-electron chi connectivity index (χ0n) is 10.8. The molecule has 1 atom stereocenters. The summed E-state index contributed by atoms with van der Waals surface area (Å²) in [6, 6.07) is 9.67. The van der Waals surface area contributed by atoms with Crippen LogP contribution in [-0.4, -0.2) is 19.1 Å². The largest absolute Gasteiger partial charge is 0.456 e. The number of esters is 1. The van der Waals surface area contributed by atoms with Gasteiger partial charge >= 0.3 is 5.97 Å². The van der Waals surface area contributed by atoms with Gasteiger partial charge in [0.1, 0.15) is 6.61 Å². The molecule has 3 heteroatoms. The van der Waals surface area contributed by atoms with Crippen LogP contribution in [0.3, 0.4) is 0 Å². The lowest BCUT2D eigenvalue weighted by atomic mass is 10.0. The van der Waals surface area contributed by atoms with Crippen LogP contribution in [0.4, 0.5) is 0 Å².